The predicted molar refractivity (Wildman–Crippen MR) is 103 cm³/mol. The summed E-state index contributed by atoms with van der Waals surface area (Å²) in [5.41, 5.74) is 5.77. The van der Waals surface area contributed by atoms with Gasteiger partial charge >= 0.3 is 0 Å². The zero-order chi connectivity index (χ0) is 19.4. The molecule has 0 spiro atoms. The normalized spacial score (nSPS) is 10.3. The van der Waals surface area contributed by atoms with Crippen LogP contribution in [0.1, 0.15) is 10.5 Å². The maximum Gasteiger partial charge on any atom is 0.294 e. The van der Waals surface area contributed by atoms with E-state index in [0.717, 1.165) is 0 Å². The summed E-state index contributed by atoms with van der Waals surface area (Å²) in [6, 6.07) is 12.2. The van der Waals surface area contributed by atoms with Crippen molar-refractivity contribution < 1.29 is 14.3 Å². The van der Waals surface area contributed by atoms with Gasteiger partial charge in [0.25, 0.3) is 5.91 Å². The first-order valence-electron chi connectivity index (χ1n) is 7.60. The molecule has 7 nitrogen and oxygen atoms in total. The van der Waals surface area contributed by atoms with Crippen molar-refractivity contribution in [2.24, 2.45) is 0 Å². The van der Waals surface area contributed by atoms with Crippen LogP contribution in [0.2, 0.25) is 5.02 Å². The molecule has 1 amide bonds. The van der Waals surface area contributed by atoms with Crippen molar-refractivity contribution in [3.63, 3.8) is 0 Å². The number of rotatable bonds is 3. The Morgan fingerprint density at radius 1 is 1.11 bits per heavy atom. The van der Waals surface area contributed by atoms with E-state index in [4.69, 9.17) is 23.8 Å². The highest BCUT2D eigenvalue weighted by molar-refractivity contribution is 7.80. The van der Waals surface area contributed by atoms with Crippen molar-refractivity contribution in [2.75, 3.05) is 5.32 Å². The monoisotopic (exact) mass is 405 g/mol. The molecule has 0 atom stereocenters. The van der Waals surface area contributed by atoms with Crippen LogP contribution in [0.25, 0.3) is 5.69 Å². The molecule has 2 aromatic carbocycles. The van der Waals surface area contributed by atoms with Gasteiger partial charge in [-0.3, -0.25) is 15.6 Å². The summed E-state index contributed by atoms with van der Waals surface area (Å²) in [4.78, 5) is 12.2. The maximum absolute atomic E-state index is 12.9. The van der Waals surface area contributed by atoms with E-state index in [2.05, 4.69) is 21.3 Å². The lowest BCUT2D eigenvalue weighted by Gasteiger charge is -2.10. The van der Waals surface area contributed by atoms with Gasteiger partial charge in [-0.2, -0.15) is 5.10 Å². The number of thiocarbonyl (C=S) groups is 1. The molecule has 1 aromatic heterocycles. The molecule has 1 heterocycles. The molecule has 3 rings (SSSR count). The highest BCUT2D eigenvalue weighted by Gasteiger charge is 2.17. The van der Waals surface area contributed by atoms with Gasteiger partial charge in [0.2, 0.25) is 0 Å². The van der Waals surface area contributed by atoms with E-state index in [1.54, 1.807) is 24.3 Å². The van der Waals surface area contributed by atoms with E-state index in [1.165, 1.54) is 35.1 Å². The SMILES string of the molecule is O=C(NNC(=S)Nc1ccc(F)cc1)c1nn(-c2ccc(Cl)cc2)cc1O. The Hall–Kier alpha value is -3.17. The van der Waals surface area contributed by atoms with Crippen molar-refractivity contribution >= 4 is 40.5 Å². The molecule has 0 aliphatic carbocycles. The van der Waals surface area contributed by atoms with Crippen LogP contribution in [0, 0.1) is 5.82 Å². The number of hydrogen-bond acceptors (Lipinski definition) is 4. The van der Waals surface area contributed by atoms with E-state index in [-0.39, 0.29) is 22.4 Å². The van der Waals surface area contributed by atoms with Crippen LogP contribution in [-0.2, 0) is 0 Å². The molecule has 3 aromatic rings. The lowest BCUT2D eigenvalue weighted by atomic mass is 10.3. The molecule has 0 unspecified atom stereocenters. The van der Waals surface area contributed by atoms with Crippen LogP contribution in [0.15, 0.2) is 54.7 Å². The van der Waals surface area contributed by atoms with E-state index >= 15 is 0 Å². The number of anilines is 1. The Morgan fingerprint density at radius 3 is 2.44 bits per heavy atom. The molecule has 0 aliphatic rings. The second-order valence-electron chi connectivity index (χ2n) is 5.32. The van der Waals surface area contributed by atoms with E-state index in [0.29, 0.717) is 16.4 Å². The van der Waals surface area contributed by atoms with Crippen molar-refractivity contribution in [3.05, 3.63) is 71.3 Å². The van der Waals surface area contributed by atoms with Crippen molar-refractivity contribution in [2.45, 2.75) is 0 Å². The summed E-state index contributed by atoms with van der Waals surface area (Å²) in [6.45, 7) is 0. The first-order valence-corrected chi connectivity index (χ1v) is 8.38. The molecule has 27 heavy (non-hydrogen) atoms. The number of hydrogen-bond donors (Lipinski definition) is 4. The van der Waals surface area contributed by atoms with Gasteiger partial charge in [-0.15, -0.1) is 0 Å². The molecule has 0 saturated carbocycles. The lowest BCUT2D eigenvalue weighted by molar-refractivity contribution is 0.0936. The average Bonchev–Trinajstić information content (AvgIpc) is 3.04. The van der Waals surface area contributed by atoms with Gasteiger partial charge in [0.1, 0.15) is 5.82 Å². The Balaban J connectivity index is 1.61. The summed E-state index contributed by atoms with van der Waals surface area (Å²) in [6.07, 6.45) is 1.30. The fraction of sp³-hybridized carbons (Fsp3) is 0. The van der Waals surface area contributed by atoms with E-state index in [1.807, 2.05) is 0 Å². The Kier molecular flexibility index (Phi) is 5.53. The summed E-state index contributed by atoms with van der Waals surface area (Å²) < 4.78 is 14.2. The zero-order valence-corrected chi connectivity index (χ0v) is 15.2. The maximum atomic E-state index is 12.9. The number of nitrogens with one attached hydrogen (secondary N) is 3. The highest BCUT2D eigenvalue weighted by Crippen LogP contribution is 2.19. The summed E-state index contributed by atoms with van der Waals surface area (Å²) >= 11 is 10.9. The number of aromatic nitrogens is 2. The number of aromatic hydroxyl groups is 1. The first-order chi connectivity index (χ1) is 12.9. The zero-order valence-electron chi connectivity index (χ0n) is 13.6. The number of nitrogens with zero attached hydrogens (tertiary/aromatic N) is 2. The molecule has 0 bridgehead atoms. The van der Waals surface area contributed by atoms with Crippen LogP contribution in [-0.4, -0.2) is 25.9 Å². The molecule has 0 saturated heterocycles. The Labute approximate surface area is 163 Å². The highest BCUT2D eigenvalue weighted by atomic mass is 35.5. The van der Waals surface area contributed by atoms with Gasteiger partial charge in [-0.25, -0.2) is 9.07 Å². The minimum atomic E-state index is -0.691. The number of hydrazine groups is 1. The molecule has 4 N–H and O–H groups in total. The fourth-order valence-electron chi connectivity index (χ4n) is 2.12. The molecule has 10 heteroatoms. The number of benzene rings is 2. The number of amides is 1. The van der Waals surface area contributed by atoms with Crippen molar-refractivity contribution in [3.8, 4) is 11.4 Å². The third-order valence-corrected chi connectivity index (χ3v) is 3.85. The van der Waals surface area contributed by atoms with Crippen LogP contribution >= 0.6 is 23.8 Å². The molecule has 138 valence electrons. The second-order valence-corrected chi connectivity index (χ2v) is 6.17. The van der Waals surface area contributed by atoms with Crippen LogP contribution in [0.5, 0.6) is 5.75 Å². The first kappa shape index (κ1) is 18.6. The molecule has 0 fully saturated rings. The smallest absolute Gasteiger partial charge is 0.294 e. The summed E-state index contributed by atoms with van der Waals surface area (Å²) in [7, 11) is 0. The molecular weight excluding hydrogens is 393 g/mol. The van der Waals surface area contributed by atoms with Crippen LogP contribution in [0.4, 0.5) is 10.1 Å². The van der Waals surface area contributed by atoms with Gasteiger partial charge in [0, 0.05) is 10.7 Å². The van der Waals surface area contributed by atoms with Crippen molar-refractivity contribution in [1.82, 2.24) is 20.6 Å². The lowest BCUT2D eigenvalue weighted by Crippen LogP contribution is -2.43. The number of carbonyl (C=O) groups is 1. The van der Waals surface area contributed by atoms with Gasteiger partial charge in [0.15, 0.2) is 16.6 Å². The third kappa shape index (κ3) is 4.72. The Bertz CT molecular complexity index is 976. The summed E-state index contributed by atoms with van der Waals surface area (Å²) in [5.74, 6) is -1.37. The van der Waals surface area contributed by atoms with Gasteiger partial charge < -0.3 is 10.4 Å². The molecule has 0 radical (unpaired) electrons. The van der Waals surface area contributed by atoms with Crippen molar-refractivity contribution in [1.29, 1.82) is 0 Å². The fourth-order valence-corrected chi connectivity index (χ4v) is 2.42. The number of halogens is 2. The average molecular weight is 406 g/mol. The minimum absolute atomic E-state index is 0.0755. The quantitative estimate of drug-likeness (QED) is 0.395. The van der Waals surface area contributed by atoms with E-state index in [9.17, 15) is 14.3 Å². The standard InChI is InChI=1S/C17H13ClFN5O2S/c18-10-1-7-13(8-2-10)24-9-14(25)15(23-24)16(26)21-22-17(27)20-12-5-3-11(19)4-6-12/h1-9,25H,(H,21,26)(H2,20,22,27). The largest absolute Gasteiger partial charge is 0.504 e. The third-order valence-electron chi connectivity index (χ3n) is 3.39. The topological polar surface area (TPSA) is 91.2 Å². The van der Waals surface area contributed by atoms with Gasteiger partial charge in [-0.05, 0) is 60.7 Å². The Morgan fingerprint density at radius 2 is 1.78 bits per heavy atom. The number of carbonyl (C=O) groups excluding carboxylic acids is 1. The van der Waals surface area contributed by atoms with Gasteiger partial charge in [-0.1, -0.05) is 11.6 Å². The predicted octanol–water partition coefficient (Wildman–Crippen LogP) is 3.00. The van der Waals surface area contributed by atoms with Crippen LogP contribution in [0.3, 0.4) is 0 Å². The molecular formula is C17H13ClFN5O2S. The summed E-state index contributed by atoms with van der Waals surface area (Å²) in [5, 5.41) is 17.4. The van der Waals surface area contributed by atoms with E-state index < -0.39 is 5.91 Å². The molecule has 0 aliphatic heterocycles. The van der Waals surface area contributed by atoms with Crippen LogP contribution < -0.4 is 16.2 Å². The second kappa shape index (κ2) is 8.02. The van der Waals surface area contributed by atoms with Gasteiger partial charge in [0.05, 0.1) is 11.9 Å². The minimum Gasteiger partial charge on any atom is -0.504 e.